The van der Waals surface area contributed by atoms with Crippen molar-refractivity contribution in [2.24, 2.45) is 0 Å². The van der Waals surface area contributed by atoms with E-state index in [-0.39, 0.29) is 0 Å². The molecule has 0 unspecified atom stereocenters. The summed E-state index contributed by atoms with van der Waals surface area (Å²) in [6.07, 6.45) is 1.70. The van der Waals surface area contributed by atoms with Gasteiger partial charge in [0, 0.05) is 30.7 Å². The van der Waals surface area contributed by atoms with Gasteiger partial charge in [-0.1, -0.05) is 0 Å². The van der Waals surface area contributed by atoms with Crippen molar-refractivity contribution in [3.63, 3.8) is 0 Å². The lowest BCUT2D eigenvalue weighted by Crippen LogP contribution is -2.35. The van der Waals surface area contributed by atoms with Crippen molar-refractivity contribution in [2.75, 3.05) is 31.1 Å². The molecule has 1 aromatic rings. The molecule has 0 aromatic carbocycles. The van der Waals surface area contributed by atoms with Crippen LogP contribution in [0.4, 0.5) is 13.9 Å². The van der Waals surface area contributed by atoms with Gasteiger partial charge in [0.1, 0.15) is 6.61 Å². The van der Waals surface area contributed by atoms with Crippen LogP contribution >= 0.6 is 11.3 Å². The minimum atomic E-state index is -3.06. The highest BCUT2D eigenvalue weighted by Gasteiger charge is 2.26. The third-order valence-electron chi connectivity index (χ3n) is 2.49. The second-order valence-corrected chi connectivity index (χ2v) is 4.99. The highest BCUT2D eigenvalue weighted by atomic mass is 32.1. The quantitative estimate of drug-likeness (QED) is 0.760. The molecule has 0 saturated heterocycles. The maximum absolute atomic E-state index is 12.8. The van der Waals surface area contributed by atoms with Crippen LogP contribution in [0.2, 0.25) is 0 Å². The number of hydrogen-bond acceptors (Lipinski definition) is 5. The van der Waals surface area contributed by atoms with Crippen molar-refractivity contribution >= 4 is 16.5 Å². The Bertz CT molecular complexity index is 356. The van der Waals surface area contributed by atoms with E-state index in [1.165, 1.54) is 11.3 Å². The minimum absolute atomic E-state index is 0.342. The molecule has 0 amide bonds. The van der Waals surface area contributed by atoms with Gasteiger partial charge in [0.15, 0.2) is 5.13 Å². The molecule has 0 aliphatic rings. The molecule has 4 nitrogen and oxygen atoms in total. The lowest BCUT2D eigenvalue weighted by atomic mass is 10.3. The van der Waals surface area contributed by atoms with Gasteiger partial charge in [-0.15, -0.1) is 11.3 Å². The van der Waals surface area contributed by atoms with Crippen LogP contribution in [0.15, 0.2) is 6.20 Å². The van der Waals surface area contributed by atoms with Gasteiger partial charge in [0.25, 0.3) is 5.92 Å². The fourth-order valence-corrected chi connectivity index (χ4v) is 2.45. The van der Waals surface area contributed by atoms with Gasteiger partial charge >= 0.3 is 0 Å². The van der Waals surface area contributed by atoms with Crippen molar-refractivity contribution in [2.45, 2.75) is 26.3 Å². The minimum Gasteiger partial charge on any atom is -0.390 e. The van der Waals surface area contributed by atoms with E-state index in [4.69, 9.17) is 5.11 Å². The summed E-state index contributed by atoms with van der Waals surface area (Å²) in [7, 11) is 0. The van der Waals surface area contributed by atoms with Crippen LogP contribution < -0.4 is 10.2 Å². The Balaban J connectivity index is 2.45. The van der Waals surface area contributed by atoms with Gasteiger partial charge in [0.05, 0.1) is 6.54 Å². The van der Waals surface area contributed by atoms with E-state index < -0.39 is 19.1 Å². The molecule has 1 aromatic heterocycles. The molecule has 0 spiro atoms. The van der Waals surface area contributed by atoms with Gasteiger partial charge in [-0.25, -0.2) is 13.8 Å². The van der Waals surface area contributed by atoms with E-state index in [9.17, 15) is 8.78 Å². The molecule has 0 aliphatic carbocycles. The number of thiazole rings is 1. The monoisotopic (exact) mass is 279 g/mol. The number of alkyl halides is 2. The zero-order valence-corrected chi connectivity index (χ0v) is 11.4. The maximum atomic E-state index is 12.8. The molecular weight excluding hydrogens is 260 g/mol. The largest absolute Gasteiger partial charge is 0.390 e. The summed E-state index contributed by atoms with van der Waals surface area (Å²) in [5.74, 6) is -3.06. The number of aliphatic hydroxyl groups excluding tert-OH is 1. The molecule has 18 heavy (non-hydrogen) atoms. The van der Waals surface area contributed by atoms with E-state index in [1.807, 2.05) is 13.8 Å². The number of anilines is 1. The second kappa shape index (κ2) is 6.96. The van der Waals surface area contributed by atoms with E-state index in [0.717, 1.165) is 23.1 Å². The molecule has 0 aliphatic heterocycles. The number of nitrogens with zero attached hydrogens (tertiary/aromatic N) is 2. The van der Waals surface area contributed by atoms with Crippen LogP contribution in [-0.2, 0) is 6.54 Å². The number of aliphatic hydroxyl groups is 1. The highest BCUT2D eigenvalue weighted by molar-refractivity contribution is 7.15. The SMILES string of the molecule is CCN(CC)c1ncc(CNCC(F)(F)CO)s1. The zero-order valence-electron chi connectivity index (χ0n) is 10.6. The average molecular weight is 279 g/mol. The normalized spacial score (nSPS) is 11.8. The fourth-order valence-electron chi connectivity index (χ4n) is 1.44. The van der Waals surface area contributed by atoms with Crippen molar-refractivity contribution < 1.29 is 13.9 Å². The highest BCUT2D eigenvalue weighted by Crippen LogP contribution is 2.22. The lowest BCUT2D eigenvalue weighted by Gasteiger charge is -2.16. The number of aromatic nitrogens is 1. The van der Waals surface area contributed by atoms with Gasteiger partial charge in [-0.2, -0.15) is 0 Å². The van der Waals surface area contributed by atoms with Crippen molar-refractivity contribution in [1.29, 1.82) is 0 Å². The summed E-state index contributed by atoms with van der Waals surface area (Å²) in [4.78, 5) is 7.28. The Labute approximate surface area is 110 Å². The molecular formula is C11H19F2N3OS. The molecule has 0 fully saturated rings. The Hall–Kier alpha value is -0.790. The van der Waals surface area contributed by atoms with Gasteiger partial charge in [-0.05, 0) is 13.8 Å². The average Bonchev–Trinajstić information content (AvgIpc) is 2.79. The molecule has 0 radical (unpaired) electrons. The van der Waals surface area contributed by atoms with E-state index in [2.05, 4.69) is 15.2 Å². The molecule has 0 atom stereocenters. The smallest absolute Gasteiger partial charge is 0.282 e. The lowest BCUT2D eigenvalue weighted by molar-refractivity contribution is -0.0477. The summed E-state index contributed by atoms with van der Waals surface area (Å²) in [6.45, 7) is 4.53. The summed E-state index contributed by atoms with van der Waals surface area (Å²) >= 11 is 1.49. The van der Waals surface area contributed by atoms with Gasteiger partial charge < -0.3 is 15.3 Å². The topological polar surface area (TPSA) is 48.4 Å². The van der Waals surface area contributed by atoms with Crippen LogP contribution in [0.3, 0.4) is 0 Å². The molecule has 7 heteroatoms. The van der Waals surface area contributed by atoms with Gasteiger partial charge in [0.2, 0.25) is 0 Å². The predicted molar refractivity (Wildman–Crippen MR) is 69.4 cm³/mol. The molecule has 0 saturated carbocycles. The van der Waals surface area contributed by atoms with E-state index in [0.29, 0.717) is 6.54 Å². The Kier molecular flexibility index (Phi) is 5.90. The number of halogens is 2. The molecule has 104 valence electrons. The van der Waals surface area contributed by atoms with Crippen LogP contribution in [0.5, 0.6) is 0 Å². The molecule has 1 heterocycles. The second-order valence-electron chi connectivity index (χ2n) is 3.90. The maximum Gasteiger partial charge on any atom is 0.282 e. The first-order valence-corrected chi connectivity index (χ1v) is 6.73. The van der Waals surface area contributed by atoms with Crippen molar-refractivity contribution in [3.05, 3.63) is 11.1 Å². The number of hydrogen-bond donors (Lipinski definition) is 2. The van der Waals surface area contributed by atoms with E-state index >= 15 is 0 Å². The molecule has 0 bridgehead atoms. The first-order valence-electron chi connectivity index (χ1n) is 5.91. The Morgan fingerprint density at radius 3 is 2.67 bits per heavy atom. The first kappa shape index (κ1) is 15.3. The summed E-state index contributed by atoms with van der Waals surface area (Å²) < 4.78 is 25.5. The van der Waals surface area contributed by atoms with Crippen molar-refractivity contribution in [1.82, 2.24) is 10.3 Å². The number of rotatable bonds is 8. The van der Waals surface area contributed by atoms with Crippen LogP contribution in [0, 0.1) is 0 Å². The first-order chi connectivity index (χ1) is 8.52. The van der Waals surface area contributed by atoms with Gasteiger partial charge in [-0.3, -0.25) is 0 Å². The third-order valence-corrected chi connectivity index (χ3v) is 3.55. The summed E-state index contributed by atoms with van der Waals surface area (Å²) in [6, 6.07) is 0. The standard InChI is InChI=1S/C11H19F2N3OS/c1-3-16(4-2)10-15-6-9(18-10)5-14-7-11(12,13)8-17/h6,14,17H,3-5,7-8H2,1-2H3. The molecule has 2 N–H and O–H groups in total. The summed E-state index contributed by atoms with van der Waals surface area (Å²) in [5.41, 5.74) is 0. The third kappa shape index (κ3) is 4.47. The summed E-state index contributed by atoms with van der Waals surface area (Å²) in [5, 5.41) is 12.0. The fraction of sp³-hybridized carbons (Fsp3) is 0.727. The predicted octanol–water partition coefficient (Wildman–Crippen LogP) is 1.71. The molecule has 1 rings (SSSR count). The number of nitrogens with one attached hydrogen (secondary N) is 1. The van der Waals surface area contributed by atoms with Crippen molar-refractivity contribution in [3.8, 4) is 0 Å². The van der Waals surface area contributed by atoms with Crippen LogP contribution in [0.1, 0.15) is 18.7 Å². The van der Waals surface area contributed by atoms with Crippen LogP contribution in [0.25, 0.3) is 0 Å². The van der Waals surface area contributed by atoms with Crippen LogP contribution in [-0.4, -0.2) is 42.3 Å². The Morgan fingerprint density at radius 1 is 1.44 bits per heavy atom. The zero-order chi connectivity index (χ0) is 13.6. The Morgan fingerprint density at radius 2 is 2.11 bits per heavy atom. The van der Waals surface area contributed by atoms with E-state index in [1.54, 1.807) is 6.20 Å².